The van der Waals surface area contributed by atoms with E-state index in [0.29, 0.717) is 22.9 Å². The van der Waals surface area contributed by atoms with Crippen LogP contribution in [0.5, 0.6) is 11.5 Å². The third-order valence-electron chi connectivity index (χ3n) is 4.57. The van der Waals surface area contributed by atoms with Gasteiger partial charge in [-0.25, -0.2) is 4.98 Å². The second-order valence-corrected chi connectivity index (χ2v) is 7.52. The van der Waals surface area contributed by atoms with Crippen molar-refractivity contribution in [3.63, 3.8) is 0 Å². The second-order valence-electron chi connectivity index (χ2n) is 6.53. The molecule has 0 radical (unpaired) electrons. The fraction of sp³-hybridized carbons (Fsp3) is 0.273. The van der Waals surface area contributed by atoms with Crippen LogP contribution in [0, 0.1) is 6.92 Å². The van der Waals surface area contributed by atoms with Crippen LogP contribution in [0.2, 0.25) is 0 Å². The lowest BCUT2D eigenvalue weighted by Gasteiger charge is -2.12. The first-order valence-corrected chi connectivity index (χ1v) is 9.88. The van der Waals surface area contributed by atoms with E-state index in [9.17, 15) is 4.79 Å². The molecule has 1 aromatic heterocycles. The predicted octanol–water partition coefficient (Wildman–Crippen LogP) is 4.67. The summed E-state index contributed by atoms with van der Waals surface area (Å²) in [5.74, 6) is 1.44. The molecule has 0 saturated heterocycles. The highest BCUT2D eigenvalue weighted by atomic mass is 32.1. The molecule has 1 atom stereocenters. The molecule has 0 spiro atoms. The van der Waals surface area contributed by atoms with Crippen molar-refractivity contribution < 1.29 is 14.3 Å². The summed E-state index contributed by atoms with van der Waals surface area (Å²) in [5, 5.41) is 3.81. The largest absolute Gasteiger partial charge is 0.493 e. The Morgan fingerprint density at radius 3 is 2.50 bits per heavy atom. The van der Waals surface area contributed by atoms with Crippen LogP contribution in [0.15, 0.2) is 48.5 Å². The lowest BCUT2D eigenvalue weighted by molar-refractivity contribution is 0.0955. The van der Waals surface area contributed by atoms with Crippen molar-refractivity contribution in [3.05, 3.63) is 64.7 Å². The van der Waals surface area contributed by atoms with Gasteiger partial charge in [0, 0.05) is 12.1 Å². The minimum atomic E-state index is -0.0930. The molecule has 146 valence electrons. The quantitative estimate of drug-likeness (QED) is 0.630. The fourth-order valence-electron chi connectivity index (χ4n) is 2.93. The molecule has 5 nitrogen and oxygen atoms in total. The summed E-state index contributed by atoms with van der Waals surface area (Å²) in [6.07, 6.45) is 0. The molecule has 1 heterocycles. The van der Waals surface area contributed by atoms with Gasteiger partial charge < -0.3 is 14.8 Å². The van der Waals surface area contributed by atoms with Gasteiger partial charge >= 0.3 is 0 Å². The van der Waals surface area contributed by atoms with Crippen molar-refractivity contribution in [2.24, 2.45) is 0 Å². The molecule has 1 amide bonds. The van der Waals surface area contributed by atoms with E-state index in [0.717, 1.165) is 16.3 Å². The Balaban J connectivity index is 1.74. The summed E-state index contributed by atoms with van der Waals surface area (Å²) >= 11 is 1.38. The number of amides is 1. The monoisotopic (exact) mass is 396 g/mol. The Labute approximate surface area is 169 Å². The topological polar surface area (TPSA) is 60.5 Å². The van der Waals surface area contributed by atoms with Crippen molar-refractivity contribution >= 4 is 17.2 Å². The smallest absolute Gasteiger partial charge is 0.263 e. The molecule has 6 heteroatoms. The molecular weight excluding hydrogens is 372 g/mol. The van der Waals surface area contributed by atoms with Gasteiger partial charge in [-0.2, -0.15) is 0 Å². The van der Waals surface area contributed by atoms with Gasteiger partial charge in [-0.1, -0.05) is 37.3 Å². The summed E-state index contributed by atoms with van der Waals surface area (Å²) in [6, 6.07) is 15.8. The summed E-state index contributed by atoms with van der Waals surface area (Å²) in [4.78, 5) is 17.9. The number of benzene rings is 2. The molecule has 0 aliphatic heterocycles. The third kappa shape index (κ3) is 4.34. The minimum Gasteiger partial charge on any atom is -0.493 e. The second kappa shape index (κ2) is 8.89. The number of carbonyl (C=O) groups excluding carboxylic acids is 1. The van der Waals surface area contributed by atoms with E-state index in [1.54, 1.807) is 14.2 Å². The summed E-state index contributed by atoms with van der Waals surface area (Å²) in [6.45, 7) is 4.53. The maximum absolute atomic E-state index is 12.7. The first-order valence-electron chi connectivity index (χ1n) is 9.06. The van der Waals surface area contributed by atoms with Gasteiger partial charge in [0.2, 0.25) is 0 Å². The van der Waals surface area contributed by atoms with E-state index >= 15 is 0 Å². The van der Waals surface area contributed by atoms with Gasteiger partial charge in [0.15, 0.2) is 11.5 Å². The van der Waals surface area contributed by atoms with Gasteiger partial charge in [0.1, 0.15) is 9.88 Å². The maximum Gasteiger partial charge on any atom is 0.263 e. The van der Waals surface area contributed by atoms with E-state index in [1.165, 1.54) is 16.9 Å². The van der Waals surface area contributed by atoms with E-state index < -0.39 is 0 Å². The molecule has 3 aromatic rings. The summed E-state index contributed by atoms with van der Waals surface area (Å²) in [5.41, 5.74) is 2.82. The first-order chi connectivity index (χ1) is 13.5. The molecule has 3 rings (SSSR count). The Morgan fingerprint density at radius 2 is 1.82 bits per heavy atom. The van der Waals surface area contributed by atoms with Gasteiger partial charge in [0.05, 0.1) is 19.9 Å². The average molecular weight is 397 g/mol. The van der Waals surface area contributed by atoms with Crippen LogP contribution in [0.3, 0.4) is 0 Å². The highest BCUT2D eigenvalue weighted by Crippen LogP contribution is 2.35. The molecule has 28 heavy (non-hydrogen) atoms. The van der Waals surface area contributed by atoms with Crippen molar-refractivity contribution in [3.8, 4) is 22.1 Å². The highest BCUT2D eigenvalue weighted by Gasteiger charge is 2.18. The number of aryl methyl sites for hydroxylation is 1. The first kappa shape index (κ1) is 19.9. The predicted molar refractivity (Wildman–Crippen MR) is 113 cm³/mol. The van der Waals surface area contributed by atoms with Crippen molar-refractivity contribution in [2.75, 3.05) is 20.8 Å². The van der Waals surface area contributed by atoms with E-state index in [-0.39, 0.29) is 11.8 Å². The van der Waals surface area contributed by atoms with Crippen LogP contribution < -0.4 is 14.8 Å². The van der Waals surface area contributed by atoms with Gasteiger partial charge in [0.25, 0.3) is 5.91 Å². The molecule has 0 aliphatic carbocycles. The van der Waals surface area contributed by atoms with Crippen LogP contribution in [0.1, 0.15) is 33.8 Å². The van der Waals surface area contributed by atoms with Crippen molar-refractivity contribution in [1.29, 1.82) is 0 Å². The minimum absolute atomic E-state index is 0.0930. The average Bonchev–Trinajstić information content (AvgIpc) is 3.13. The summed E-state index contributed by atoms with van der Waals surface area (Å²) in [7, 11) is 3.20. The number of hydrogen-bond acceptors (Lipinski definition) is 5. The molecular formula is C22H24N2O3S. The molecule has 2 aromatic carbocycles. The van der Waals surface area contributed by atoms with Crippen LogP contribution in [-0.2, 0) is 0 Å². The molecule has 0 aliphatic rings. The third-order valence-corrected chi connectivity index (χ3v) is 5.78. The van der Waals surface area contributed by atoms with Crippen LogP contribution in [-0.4, -0.2) is 31.7 Å². The number of hydrogen-bond donors (Lipinski definition) is 1. The number of thiazole rings is 1. The standard InChI is InChI=1S/C22H24N2O3S/c1-14(16-8-6-5-7-9-16)13-23-21(25)20-15(2)24-22(28-20)17-10-11-18(26-3)19(12-17)27-4/h5-12,14H,13H2,1-4H3,(H,23,25)/t14-/m1/s1. The Hall–Kier alpha value is -2.86. The normalized spacial score (nSPS) is 11.7. The highest BCUT2D eigenvalue weighted by molar-refractivity contribution is 7.17. The molecule has 0 unspecified atom stereocenters. The van der Waals surface area contributed by atoms with Gasteiger partial charge in [-0.3, -0.25) is 4.79 Å². The SMILES string of the molecule is COc1ccc(-c2nc(C)c(C(=O)NC[C@@H](C)c3ccccc3)s2)cc1OC. The molecule has 0 saturated carbocycles. The zero-order valence-electron chi connectivity index (χ0n) is 16.5. The number of nitrogens with one attached hydrogen (secondary N) is 1. The number of carbonyl (C=O) groups is 1. The molecule has 0 fully saturated rings. The number of ether oxygens (including phenoxy) is 2. The van der Waals surface area contributed by atoms with Gasteiger partial charge in [-0.05, 0) is 36.6 Å². The zero-order chi connectivity index (χ0) is 20.1. The Kier molecular flexibility index (Phi) is 6.31. The molecule has 0 bridgehead atoms. The lowest BCUT2D eigenvalue weighted by Crippen LogP contribution is -2.27. The van der Waals surface area contributed by atoms with Crippen molar-refractivity contribution in [1.82, 2.24) is 10.3 Å². The zero-order valence-corrected chi connectivity index (χ0v) is 17.3. The Morgan fingerprint density at radius 1 is 1.11 bits per heavy atom. The molecule has 1 N–H and O–H groups in total. The van der Waals surface area contributed by atoms with Crippen LogP contribution in [0.4, 0.5) is 0 Å². The maximum atomic E-state index is 12.7. The lowest BCUT2D eigenvalue weighted by atomic mass is 10.0. The van der Waals surface area contributed by atoms with E-state index in [1.807, 2.05) is 43.3 Å². The fourth-order valence-corrected chi connectivity index (χ4v) is 3.90. The Bertz CT molecular complexity index is 954. The number of methoxy groups -OCH3 is 2. The van der Waals surface area contributed by atoms with Crippen molar-refractivity contribution in [2.45, 2.75) is 19.8 Å². The number of aromatic nitrogens is 1. The number of nitrogens with zero attached hydrogens (tertiary/aromatic N) is 1. The number of rotatable bonds is 7. The summed E-state index contributed by atoms with van der Waals surface area (Å²) < 4.78 is 10.6. The van der Waals surface area contributed by atoms with Crippen LogP contribution in [0.25, 0.3) is 10.6 Å². The van der Waals surface area contributed by atoms with E-state index in [4.69, 9.17) is 9.47 Å². The van der Waals surface area contributed by atoms with Crippen LogP contribution >= 0.6 is 11.3 Å². The van der Waals surface area contributed by atoms with E-state index in [2.05, 4.69) is 29.4 Å². The van der Waals surface area contributed by atoms with Gasteiger partial charge in [-0.15, -0.1) is 11.3 Å².